The van der Waals surface area contributed by atoms with Gasteiger partial charge in [-0.1, -0.05) is 0 Å². The first kappa shape index (κ1) is 11.1. The molecule has 1 unspecified atom stereocenters. The van der Waals surface area contributed by atoms with Crippen molar-refractivity contribution in [2.24, 2.45) is 0 Å². The molecule has 0 saturated carbocycles. The van der Waals surface area contributed by atoms with Crippen LogP contribution in [0.2, 0.25) is 0 Å². The van der Waals surface area contributed by atoms with Crippen LogP contribution in [0.1, 0.15) is 23.2 Å². The lowest BCUT2D eigenvalue weighted by molar-refractivity contribution is 0.0895. The molecule has 1 atom stereocenters. The van der Waals surface area contributed by atoms with E-state index in [9.17, 15) is 4.79 Å². The SMILES string of the molecule is CC(O)CNC(=O)c1ccc(CCl)o1. The number of rotatable bonds is 4. The monoisotopic (exact) mass is 217 g/mol. The average molecular weight is 218 g/mol. The van der Waals surface area contributed by atoms with Crippen molar-refractivity contribution < 1.29 is 14.3 Å². The Labute approximate surface area is 86.9 Å². The summed E-state index contributed by atoms with van der Waals surface area (Å²) in [5.41, 5.74) is 0. The van der Waals surface area contributed by atoms with Gasteiger partial charge in [0.15, 0.2) is 5.76 Å². The van der Waals surface area contributed by atoms with E-state index < -0.39 is 6.10 Å². The molecule has 0 spiro atoms. The van der Waals surface area contributed by atoms with E-state index in [2.05, 4.69) is 5.32 Å². The molecule has 5 heteroatoms. The maximum absolute atomic E-state index is 11.3. The highest BCUT2D eigenvalue weighted by atomic mass is 35.5. The van der Waals surface area contributed by atoms with Crippen LogP contribution in [0.5, 0.6) is 0 Å². The largest absolute Gasteiger partial charge is 0.455 e. The Morgan fingerprint density at radius 1 is 1.71 bits per heavy atom. The topological polar surface area (TPSA) is 62.5 Å². The second-order valence-electron chi connectivity index (χ2n) is 2.96. The molecule has 1 aromatic rings. The molecule has 1 amide bonds. The van der Waals surface area contributed by atoms with Crippen LogP contribution in [0.15, 0.2) is 16.5 Å². The maximum Gasteiger partial charge on any atom is 0.287 e. The minimum absolute atomic E-state index is 0.204. The van der Waals surface area contributed by atoms with Crippen LogP contribution in [-0.2, 0) is 5.88 Å². The third-order valence-corrected chi connectivity index (χ3v) is 1.84. The van der Waals surface area contributed by atoms with Crippen molar-refractivity contribution in [2.45, 2.75) is 18.9 Å². The number of carbonyl (C=O) groups is 1. The molecule has 1 heterocycles. The summed E-state index contributed by atoms with van der Waals surface area (Å²) in [7, 11) is 0. The molecular weight excluding hydrogens is 206 g/mol. The number of nitrogens with one attached hydrogen (secondary N) is 1. The number of hydrogen-bond donors (Lipinski definition) is 2. The summed E-state index contributed by atoms with van der Waals surface area (Å²) in [6.07, 6.45) is -0.568. The fourth-order valence-corrected chi connectivity index (χ4v) is 1.04. The summed E-state index contributed by atoms with van der Waals surface area (Å²) in [5, 5.41) is 11.4. The van der Waals surface area contributed by atoms with Crippen LogP contribution in [0.4, 0.5) is 0 Å². The van der Waals surface area contributed by atoms with E-state index >= 15 is 0 Å². The lowest BCUT2D eigenvalue weighted by atomic mass is 10.3. The van der Waals surface area contributed by atoms with Crippen molar-refractivity contribution in [1.82, 2.24) is 5.32 Å². The van der Waals surface area contributed by atoms with Gasteiger partial charge in [-0.2, -0.15) is 0 Å². The number of aliphatic hydroxyl groups is 1. The molecule has 0 fully saturated rings. The molecule has 14 heavy (non-hydrogen) atoms. The zero-order chi connectivity index (χ0) is 10.6. The van der Waals surface area contributed by atoms with Gasteiger partial charge in [-0.3, -0.25) is 4.79 Å². The van der Waals surface area contributed by atoms with Gasteiger partial charge in [-0.05, 0) is 19.1 Å². The summed E-state index contributed by atoms with van der Waals surface area (Å²) in [6.45, 7) is 1.79. The van der Waals surface area contributed by atoms with Crippen LogP contribution in [0.3, 0.4) is 0 Å². The number of hydrogen-bond acceptors (Lipinski definition) is 3. The molecule has 4 nitrogen and oxygen atoms in total. The van der Waals surface area contributed by atoms with Crippen molar-refractivity contribution in [3.8, 4) is 0 Å². The Morgan fingerprint density at radius 2 is 2.43 bits per heavy atom. The first-order chi connectivity index (χ1) is 6.63. The lowest BCUT2D eigenvalue weighted by Gasteiger charge is -2.04. The number of halogens is 1. The standard InChI is InChI=1S/C9H12ClNO3/c1-6(12)5-11-9(13)8-3-2-7(4-10)14-8/h2-3,6,12H,4-5H2,1H3,(H,11,13). The summed E-state index contributed by atoms with van der Waals surface area (Å²) >= 11 is 5.51. The lowest BCUT2D eigenvalue weighted by Crippen LogP contribution is -2.30. The van der Waals surface area contributed by atoms with E-state index in [1.807, 2.05) is 0 Å². The summed E-state index contributed by atoms with van der Waals surface area (Å²) in [5.74, 6) is 0.654. The zero-order valence-electron chi connectivity index (χ0n) is 7.79. The van der Waals surface area contributed by atoms with Crippen molar-refractivity contribution in [3.05, 3.63) is 23.7 Å². The van der Waals surface area contributed by atoms with E-state index in [1.165, 1.54) is 0 Å². The van der Waals surface area contributed by atoms with Gasteiger partial charge in [0.05, 0.1) is 12.0 Å². The highest BCUT2D eigenvalue weighted by molar-refractivity contribution is 6.16. The van der Waals surface area contributed by atoms with E-state index in [0.717, 1.165) is 0 Å². The number of aliphatic hydroxyl groups excluding tert-OH is 1. The Kier molecular flexibility index (Phi) is 3.98. The molecule has 0 bridgehead atoms. The molecule has 0 aliphatic carbocycles. The molecule has 0 aliphatic heterocycles. The molecule has 1 rings (SSSR count). The molecule has 1 aromatic heterocycles. The third-order valence-electron chi connectivity index (χ3n) is 1.58. The summed E-state index contributed by atoms with van der Waals surface area (Å²) < 4.78 is 5.10. The van der Waals surface area contributed by atoms with Crippen LogP contribution in [-0.4, -0.2) is 23.7 Å². The highest BCUT2D eigenvalue weighted by Gasteiger charge is 2.10. The van der Waals surface area contributed by atoms with E-state index in [4.69, 9.17) is 21.1 Å². The number of alkyl halides is 1. The molecule has 0 saturated heterocycles. The third kappa shape index (κ3) is 3.05. The molecule has 0 aromatic carbocycles. The minimum Gasteiger partial charge on any atom is -0.455 e. The van der Waals surface area contributed by atoms with Gasteiger partial charge in [0, 0.05) is 6.54 Å². The van der Waals surface area contributed by atoms with Gasteiger partial charge in [-0.15, -0.1) is 11.6 Å². The van der Waals surface area contributed by atoms with E-state index in [1.54, 1.807) is 19.1 Å². The average Bonchev–Trinajstić information content (AvgIpc) is 2.62. The second-order valence-corrected chi connectivity index (χ2v) is 3.23. The maximum atomic E-state index is 11.3. The summed E-state index contributed by atoms with van der Waals surface area (Å²) in [4.78, 5) is 11.3. The van der Waals surface area contributed by atoms with Crippen LogP contribution in [0.25, 0.3) is 0 Å². The van der Waals surface area contributed by atoms with E-state index in [0.29, 0.717) is 5.76 Å². The van der Waals surface area contributed by atoms with Gasteiger partial charge >= 0.3 is 0 Å². The predicted molar refractivity (Wildman–Crippen MR) is 52.3 cm³/mol. The Morgan fingerprint density at radius 3 is 2.93 bits per heavy atom. The molecule has 2 N–H and O–H groups in total. The molecule has 78 valence electrons. The highest BCUT2D eigenvalue weighted by Crippen LogP contribution is 2.09. The Balaban J connectivity index is 2.52. The molecular formula is C9H12ClNO3. The van der Waals surface area contributed by atoms with Crippen LogP contribution < -0.4 is 5.32 Å². The van der Waals surface area contributed by atoms with Crippen molar-refractivity contribution in [2.75, 3.05) is 6.54 Å². The van der Waals surface area contributed by atoms with Gasteiger partial charge in [-0.25, -0.2) is 0 Å². The first-order valence-corrected chi connectivity index (χ1v) is 4.78. The number of carbonyl (C=O) groups excluding carboxylic acids is 1. The summed E-state index contributed by atoms with van der Waals surface area (Å²) in [6, 6.07) is 3.19. The van der Waals surface area contributed by atoms with Crippen molar-refractivity contribution in [3.63, 3.8) is 0 Å². The van der Waals surface area contributed by atoms with Crippen molar-refractivity contribution >= 4 is 17.5 Å². The fourth-order valence-electron chi connectivity index (χ4n) is 0.899. The Hall–Kier alpha value is -1.00. The molecule has 0 radical (unpaired) electrons. The van der Waals surface area contributed by atoms with Crippen LogP contribution in [0, 0.1) is 0 Å². The number of furan rings is 1. The Bertz CT molecular complexity index is 309. The smallest absolute Gasteiger partial charge is 0.287 e. The second kappa shape index (κ2) is 5.02. The van der Waals surface area contributed by atoms with Gasteiger partial charge in [0.2, 0.25) is 0 Å². The minimum atomic E-state index is -0.568. The van der Waals surface area contributed by atoms with Gasteiger partial charge in [0.25, 0.3) is 5.91 Å². The van der Waals surface area contributed by atoms with Crippen molar-refractivity contribution in [1.29, 1.82) is 0 Å². The van der Waals surface area contributed by atoms with Gasteiger partial charge in [0.1, 0.15) is 5.76 Å². The van der Waals surface area contributed by atoms with Gasteiger partial charge < -0.3 is 14.8 Å². The quantitative estimate of drug-likeness (QED) is 0.744. The number of amides is 1. The molecule has 0 aliphatic rings. The normalized spacial score (nSPS) is 12.5. The van der Waals surface area contributed by atoms with Crippen LogP contribution >= 0.6 is 11.6 Å². The fraction of sp³-hybridized carbons (Fsp3) is 0.444. The van der Waals surface area contributed by atoms with E-state index in [-0.39, 0.29) is 24.1 Å². The predicted octanol–water partition coefficient (Wildman–Crippen LogP) is 1.13. The zero-order valence-corrected chi connectivity index (χ0v) is 8.54. The first-order valence-electron chi connectivity index (χ1n) is 4.24.